The van der Waals surface area contributed by atoms with Crippen LogP contribution in [0.25, 0.3) is 17.0 Å². The number of ether oxygens (including phenoxy) is 1. The van der Waals surface area contributed by atoms with E-state index < -0.39 is 0 Å². The molecule has 2 aromatic carbocycles. The van der Waals surface area contributed by atoms with Gasteiger partial charge < -0.3 is 19.5 Å². The lowest BCUT2D eigenvalue weighted by molar-refractivity contribution is 0.340. The molecule has 0 radical (unpaired) electrons. The Hall–Kier alpha value is -3.26. The molecule has 3 aromatic rings. The molecule has 1 atom stereocenters. The highest BCUT2D eigenvalue weighted by atomic mass is 32.1. The molecule has 0 fully saturated rings. The van der Waals surface area contributed by atoms with Gasteiger partial charge in [-0.3, -0.25) is 0 Å². The minimum Gasteiger partial charge on any atom is -0.494 e. The van der Waals surface area contributed by atoms with Gasteiger partial charge in [0.15, 0.2) is 5.11 Å². The monoisotopic (exact) mass is 452 g/mol. The maximum absolute atomic E-state index is 13.3. The number of halogens is 1. The number of benzene rings is 2. The van der Waals surface area contributed by atoms with E-state index in [0.717, 1.165) is 35.5 Å². The lowest BCUT2D eigenvalue weighted by Gasteiger charge is -2.37. The molecule has 1 aliphatic rings. The fourth-order valence-corrected chi connectivity index (χ4v) is 4.12. The Bertz CT molecular complexity index is 1130. The summed E-state index contributed by atoms with van der Waals surface area (Å²) in [5, 5.41) is 8.23. The van der Waals surface area contributed by atoms with Crippen molar-refractivity contribution in [3.05, 3.63) is 71.5 Å². The van der Waals surface area contributed by atoms with Crippen molar-refractivity contribution in [3.63, 3.8) is 0 Å². The lowest BCUT2D eigenvalue weighted by atomic mass is 9.94. The molecular formula is C24H25FN4O2S. The van der Waals surface area contributed by atoms with Crippen LogP contribution in [0.15, 0.2) is 58.8 Å². The van der Waals surface area contributed by atoms with E-state index in [2.05, 4.69) is 27.3 Å². The molecule has 1 aliphatic heterocycles. The van der Waals surface area contributed by atoms with Gasteiger partial charge in [-0.25, -0.2) is 4.39 Å². The van der Waals surface area contributed by atoms with Gasteiger partial charge in [0.25, 0.3) is 5.89 Å². The van der Waals surface area contributed by atoms with E-state index in [0.29, 0.717) is 29.0 Å². The highest BCUT2D eigenvalue weighted by Gasteiger charge is 2.33. The molecule has 0 spiro atoms. The minimum absolute atomic E-state index is 0.257. The lowest BCUT2D eigenvalue weighted by Crippen LogP contribution is -2.46. The first kappa shape index (κ1) is 22.0. The van der Waals surface area contributed by atoms with Gasteiger partial charge in [-0.05, 0) is 74.4 Å². The second kappa shape index (κ2) is 9.48. The van der Waals surface area contributed by atoms with Gasteiger partial charge in [-0.2, -0.15) is 4.98 Å². The van der Waals surface area contributed by atoms with Crippen molar-refractivity contribution in [1.82, 2.24) is 20.4 Å². The zero-order valence-corrected chi connectivity index (χ0v) is 19.1. The molecule has 4 rings (SSSR count). The van der Waals surface area contributed by atoms with Crippen LogP contribution in [0.1, 0.15) is 44.7 Å². The van der Waals surface area contributed by atoms with Gasteiger partial charge in [-0.15, -0.1) is 0 Å². The number of thiocarbonyl (C=S) groups is 1. The van der Waals surface area contributed by atoms with Crippen LogP contribution in [0.4, 0.5) is 4.39 Å². The van der Waals surface area contributed by atoms with Crippen LogP contribution in [0.2, 0.25) is 0 Å². The Morgan fingerprint density at radius 3 is 2.50 bits per heavy atom. The summed E-state index contributed by atoms with van der Waals surface area (Å²) in [5.41, 5.74) is 3.51. The zero-order valence-electron chi connectivity index (χ0n) is 18.3. The average molecular weight is 453 g/mol. The molecule has 1 aromatic heterocycles. The normalized spacial score (nSPS) is 16.3. The molecule has 6 nitrogen and oxygen atoms in total. The molecule has 1 unspecified atom stereocenters. The predicted molar refractivity (Wildman–Crippen MR) is 125 cm³/mol. The van der Waals surface area contributed by atoms with Gasteiger partial charge in [-0.1, -0.05) is 24.2 Å². The molecule has 0 bridgehead atoms. The second-order valence-electron chi connectivity index (χ2n) is 7.47. The van der Waals surface area contributed by atoms with Crippen LogP contribution < -0.4 is 10.1 Å². The Kier molecular flexibility index (Phi) is 6.50. The van der Waals surface area contributed by atoms with Crippen LogP contribution in [-0.4, -0.2) is 33.3 Å². The third-order valence-electron chi connectivity index (χ3n) is 5.33. The first-order chi connectivity index (χ1) is 15.5. The van der Waals surface area contributed by atoms with E-state index in [1.54, 1.807) is 12.1 Å². The van der Waals surface area contributed by atoms with Crippen LogP contribution in [0, 0.1) is 5.82 Å². The van der Waals surface area contributed by atoms with Gasteiger partial charge >= 0.3 is 0 Å². The molecule has 2 heterocycles. The molecule has 0 saturated carbocycles. The van der Waals surface area contributed by atoms with Crippen LogP contribution >= 0.6 is 12.2 Å². The molecule has 0 aliphatic carbocycles. The molecule has 166 valence electrons. The number of aromatic nitrogens is 2. The van der Waals surface area contributed by atoms with Gasteiger partial charge in [0.2, 0.25) is 5.82 Å². The van der Waals surface area contributed by atoms with Crippen LogP contribution in [-0.2, 0) is 0 Å². The maximum atomic E-state index is 13.3. The van der Waals surface area contributed by atoms with E-state index in [1.165, 1.54) is 12.1 Å². The third-order valence-corrected chi connectivity index (χ3v) is 5.67. The van der Waals surface area contributed by atoms with Crippen molar-refractivity contribution in [2.24, 2.45) is 0 Å². The Morgan fingerprint density at radius 1 is 1.12 bits per heavy atom. The number of hydrogen-bond acceptors (Lipinski definition) is 5. The summed E-state index contributed by atoms with van der Waals surface area (Å²) in [5.74, 6) is 1.30. The summed E-state index contributed by atoms with van der Waals surface area (Å²) in [4.78, 5) is 6.69. The molecular weight excluding hydrogens is 427 g/mol. The van der Waals surface area contributed by atoms with E-state index >= 15 is 0 Å². The maximum Gasteiger partial charge on any atom is 0.258 e. The van der Waals surface area contributed by atoms with Gasteiger partial charge in [0.1, 0.15) is 11.6 Å². The smallest absolute Gasteiger partial charge is 0.258 e. The quantitative estimate of drug-likeness (QED) is 0.485. The highest BCUT2D eigenvalue weighted by Crippen LogP contribution is 2.37. The molecule has 32 heavy (non-hydrogen) atoms. The summed E-state index contributed by atoms with van der Waals surface area (Å²) >= 11 is 5.66. The van der Waals surface area contributed by atoms with Crippen molar-refractivity contribution in [3.8, 4) is 17.1 Å². The summed E-state index contributed by atoms with van der Waals surface area (Å²) in [6, 6.07) is 13.6. The van der Waals surface area contributed by atoms with E-state index in [9.17, 15) is 4.39 Å². The Morgan fingerprint density at radius 2 is 1.84 bits per heavy atom. The predicted octanol–water partition coefficient (Wildman–Crippen LogP) is 5.35. The van der Waals surface area contributed by atoms with E-state index in [1.807, 2.05) is 38.1 Å². The highest BCUT2D eigenvalue weighted by molar-refractivity contribution is 7.80. The molecule has 0 amide bonds. The van der Waals surface area contributed by atoms with Crippen molar-refractivity contribution in [2.45, 2.75) is 33.2 Å². The van der Waals surface area contributed by atoms with E-state index in [4.69, 9.17) is 21.5 Å². The van der Waals surface area contributed by atoms with Crippen molar-refractivity contribution >= 4 is 22.9 Å². The number of rotatable bonds is 7. The van der Waals surface area contributed by atoms with Crippen molar-refractivity contribution < 1.29 is 13.7 Å². The van der Waals surface area contributed by atoms with Crippen LogP contribution in [0.5, 0.6) is 5.75 Å². The molecule has 8 heteroatoms. The Balaban J connectivity index is 1.76. The number of nitrogens with one attached hydrogen (secondary N) is 1. The first-order valence-electron chi connectivity index (χ1n) is 10.6. The third kappa shape index (κ3) is 4.36. The van der Waals surface area contributed by atoms with Crippen molar-refractivity contribution in [2.75, 3.05) is 13.2 Å². The molecule has 0 saturated heterocycles. The van der Waals surface area contributed by atoms with Gasteiger partial charge in [0, 0.05) is 17.8 Å². The summed E-state index contributed by atoms with van der Waals surface area (Å²) in [6.45, 7) is 7.45. The summed E-state index contributed by atoms with van der Waals surface area (Å²) < 4.78 is 24.6. The average Bonchev–Trinajstić information content (AvgIpc) is 3.27. The SMILES string of the molecule is CCCN1C(=S)NC(c2ccc(OCC)cc2)C(c2nc(-c3ccc(F)cc3)no2)=C1C. The number of nitrogens with zero attached hydrogens (tertiary/aromatic N) is 3. The summed E-state index contributed by atoms with van der Waals surface area (Å²) in [6.07, 6.45) is 0.935. The second-order valence-corrected chi connectivity index (χ2v) is 7.85. The van der Waals surface area contributed by atoms with Crippen LogP contribution in [0.3, 0.4) is 0 Å². The molecule has 1 N–H and O–H groups in total. The largest absolute Gasteiger partial charge is 0.494 e. The number of hydrogen-bond donors (Lipinski definition) is 1. The minimum atomic E-state index is -0.313. The fraction of sp³-hybridized carbons (Fsp3) is 0.292. The van der Waals surface area contributed by atoms with Gasteiger partial charge in [0.05, 0.1) is 18.2 Å². The summed E-state index contributed by atoms with van der Waals surface area (Å²) in [7, 11) is 0. The first-order valence-corrected chi connectivity index (χ1v) is 11.0. The van der Waals surface area contributed by atoms with Crippen molar-refractivity contribution in [1.29, 1.82) is 0 Å². The zero-order chi connectivity index (χ0) is 22.7. The fourth-order valence-electron chi connectivity index (χ4n) is 3.77. The Labute approximate surface area is 192 Å². The van der Waals surface area contributed by atoms with E-state index in [-0.39, 0.29) is 11.9 Å². The standard InChI is InChI=1S/C24H25FN4O2S/c1-4-14-29-15(3)20(23-27-22(28-31-23)17-6-10-18(25)11-7-17)21(26-24(29)32)16-8-12-19(13-9-16)30-5-2/h6-13,21H,4-5,14H2,1-3H3,(H,26,32). The topological polar surface area (TPSA) is 63.4 Å². The number of allylic oxidation sites excluding steroid dienone is 1.